The summed E-state index contributed by atoms with van der Waals surface area (Å²) in [6.07, 6.45) is 1.60. The van der Waals surface area contributed by atoms with Crippen molar-refractivity contribution < 1.29 is 4.79 Å². The normalized spacial score (nSPS) is 8.45. The lowest BCUT2D eigenvalue weighted by Gasteiger charge is -1.84. The van der Waals surface area contributed by atoms with Gasteiger partial charge in [0.15, 0.2) is 5.78 Å². The third-order valence-corrected chi connectivity index (χ3v) is 1.13. The Morgan fingerprint density at radius 1 is 1.82 bits per heavy atom. The Kier molecular flexibility index (Phi) is 2.39. The van der Waals surface area contributed by atoms with Gasteiger partial charge in [-0.05, 0) is 6.92 Å². The van der Waals surface area contributed by atoms with Gasteiger partial charge in [0, 0.05) is 0 Å². The van der Waals surface area contributed by atoms with Gasteiger partial charge in [-0.1, -0.05) is 5.92 Å². The van der Waals surface area contributed by atoms with Gasteiger partial charge in [-0.3, -0.25) is 4.79 Å². The van der Waals surface area contributed by atoms with Gasteiger partial charge in [-0.25, -0.2) is 0 Å². The lowest BCUT2D eigenvalue weighted by Crippen LogP contribution is -1.97. The zero-order valence-corrected chi connectivity index (χ0v) is 6.09. The summed E-state index contributed by atoms with van der Waals surface area (Å²) in [5.41, 5.74) is 0.341. The molecule has 0 spiro atoms. The largest absolute Gasteiger partial charge is 0.291 e. The highest BCUT2D eigenvalue weighted by atomic mass is 16.1. The molecule has 1 rings (SSSR count). The van der Waals surface area contributed by atoms with Crippen LogP contribution in [0.4, 0.5) is 0 Å². The highest BCUT2D eigenvalue weighted by molar-refractivity contribution is 5.95. The van der Waals surface area contributed by atoms with Crippen molar-refractivity contribution in [2.24, 2.45) is 0 Å². The first-order valence-electron chi connectivity index (χ1n) is 3.13. The minimum atomic E-state index is -0.104. The van der Waals surface area contributed by atoms with Crippen LogP contribution in [0.25, 0.3) is 0 Å². The van der Waals surface area contributed by atoms with E-state index in [1.54, 1.807) is 6.92 Å². The molecule has 0 unspecified atom stereocenters. The lowest BCUT2D eigenvalue weighted by molar-refractivity contribution is 0.0993. The summed E-state index contributed by atoms with van der Waals surface area (Å²) in [6, 6.07) is 0. The first kappa shape index (κ1) is 7.48. The number of nitrogens with zero attached hydrogens (tertiary/aromatic N) is 2. The number of carbonyl (C=O) groups excluding carboxylic acids is 1. The van der Waals surface area contributed by atoms with E-state index in [0.717, 1.165) is 0 Å². The van der Waals surface area contributed by atoms with E-state index < -0.39 is 0 Å². The summed E-state index contributed by atoms with van der Waals surface area (Å²) >= 11 is 0. The fourth-order valence-electron chi connectivity index (χ4n) is 0.595. The van der Waals surface area contributed by atoms with Crippen molar-refractivity contribution in [2.75, 3.05) is 0 Å². The molecule has 1 aromatic rings. The molecule has 0 aliphatic carbocycles. The summed E-state index contributed by atoms with van der Waals surface area (Å²) in [5, 5.41) is 9.48. The number of carbonyl (C=O) groups is 1. The van der Waals surface area contributed by atoms with Gasteiger partial charge in [0.2, 0.25) is 0 Å². The van der Waals surface area contributed by atoms with Crippen LogP contribution in [0.3, 0.4) is 0 Å². The predicted octanol–water partition coefficient (Wildman–Crippen LogP) is 0.401. The lowest BCUT2D eigenvalue weighted by atomic mass is 10.2. The standard InChI is InChI=1S/C7H7N3O/c1-2-3-4-7(11)6-5-8-10-9-6/h5H,4H2,1H3,(H,8,9,10). The van der Waals surface area contributed by atoms with Gasteiger partial charge < -0.3 is 0 Å². The number of aromatic nitrogens is 3. The molecular weight excluding hydrogens is 142 g/mol. The fraction of sp³-hybridized carbons (Fsp3) is 0.286. The molecule has 0 aliphatic rings. The van der Waals surface area contributed by atoms with Crippen LogP contribution in [-0.2, 0) is 0 Å². The quantitative estimate of drug-likeness (QED) is 0.489. The summed E-state index contributed by atoms with van der Waals surface area (Å²) in [7, 11) is 0. The smallest absolute Gasteiger partial charge is 0.196 e. The van der Waals surface area contributed by atoms with E-state index in [4.69, 9.17) is 0 Å². The van der Waals surface area contributed by atoms with E-state index in [1.807, 2.05) is 0 Å². The molecule has 1 aromatic heterocycles. The van der Waals surface area contributed by atoms with Gasteiger partial charge in [-0.2, -0.15) is 15.4 Å². The molecule has 11 heavy (non-hydrogen) atoms. The maximum atomic E-state index is 11.0. The molecule has 0 amide bonds. The Hall–Kier alpha value is -1.63. The second-order valence-corrected chi connectivity index (χ2v) is 1.88. The molecule has 0 aromatic carbocycles. The summed E-state index contributed by atoms with van der Waals surface area (Å²) in [5.74, 6) is 5.18. The SMILES string of the molecule is CC#CCC(=O)c1cn[nH]n1. The van der Waals surface area contributed by atoms with Crippen LogP contribution in [0.15, 0.2) is 6.20 Å². The fourth-order valence-corrected chi connectivity index (χ4v) is 0.595. The Labute approximate surface area is 64.0 Å². The third-order valence-electron chi connectivity index (χ3n) is 1.13. The number of hydrogen-bond donors (Lipinski definition) is 1. The van der Waals surface area contributed by atoms with Crippen molar-refractivity contribution in [1.29, 1.82) is 0 Å². The third kappa shape index (κ3) is 1.90. The average molecular weight is 149 g/mol. The van der Waals surface area contributed by atoms with Crippen LogP contribution in [0.2, 0.25) is 0 Å². The topological polar surface area (TPSA) is 58.6 Å². The molecule has 4 heteroatoms. The molecular formula is C7H7N3O. The number of hydrogen-bond acceptors (Lipinski definition) is 3. The summed E-state index contributed by atoms with van der Waals surface area (Å²) < 4.78 is 0. The summed E-state index contributed by atoms with van der Waals surface area (Å²) in [6.45, 7) is 1.69. The molecule has 0 radical (unpaired) electrons. The van der Waals surface area contributed by atoms with Crippen LogP contribution in [-0.4, -0.2) is 21.2 Å². The molecule has 0 bridgehead atoms. The first-order chi connectivity index (χ1) is 5.34. The molecule has 0 saturated heterocycles. The van der Waals surface area contributed by atoms with Gasteiger partial charge in [-0.15, -0.1) is 5.92 Å². The Balaban J connectivity index is 2.61. The molecule has 0 aliphatic heterocycles. The highest BCUT2D eigenvalue weighted by Crippen LogP contribution is 1.93. The predicted molar refractivity (Wildman–Crippen MR) is 38.8 cm³/mol. The van der Waals surface area contributed by atoms with Crippen LogP contribution in [0.5, 0.6) is 0 Å². The molecule has 56 valence electrons. The van der Waals surface area contributed by atoms with Crippen LogP contribution in [0.1, 0.15) is 23.8 Å². The van der Waals surface area contributed by atoms with E-state index in [1.165, 1.54) is 6.20 Å². The number of ketones is 1. The van der Waals surface area contributed by atoms with E-state index in [9.17, 15) is 4.79 Å². The molecule has 4 nitrogen and oxygen atoms in total. The van der Waals surface area contributed by atoms with Crippen molar-refractivity contribution in [3.05, 3.63) is 11.9 Å². The van der Waals surface area contributed by atoms with Crippen molar-refractivity contribution in [3.63, 3.8) is 0 Å². The van der Waals surface area contributed by atoms with Crippen molar-refractivity contribution in [3.8, 4) is 11.8 Å². The van der Waals surface area contributed by atoms with Crippen LogP contribution < -0.4 is 0 Å². The van der Waals surface area contributed by atoms with E-state index in [2.05, 4.69) is 27.3 Å². The molecule has 1 heterocycles. The van der Waals surface area contributed by atoms with Gasteiger partial charge in [0.05, 0.1) is 12.6 Å². The van der Waals surface area contributed by atoms with E-state index >= 15 is 0 Å². The number of Topliss-reactive ketones (excluding diaryl/α,β-unsaturated/α-hetero) is 1. The minimum Gasteiger partial charge on any atom is -0.291 e. The van der Waals surface area contributed by atoms with Crippen molar-refractivity contribution in [1.82, 2.24) is 15.4 Å². The number of nitrogens with one attached hydrogen (secondary N) is 1. The first-order valence-corrected chi connectivity index (χ1v) is 3.13. The van der Waals surface area contributed by atoms with Crippen LogP contribution >= 0.6 is 0 Å². The number of rotatable bonds is 2. The summed E-state index contributed by atoms with van der Waals surface area (Å²) in [4.78, 5) is 11.0. The maximum absolute atomic E-state index is 11.0. The highest BCUT2D eigenvalue weighted by Gasteiger charge is 2.05. The zero-order chi connectivity index (χ0) is 8.10. The van der Waals surface area contributed by atoms with E-state index in [0.29, 0.717) is 5.69 Å². The van der Waals surface area contributed by atoms with Gasteiger partial charge in [0.1, 0.15) is 5.69 Å². The van der Waals surface area contributed by atoms with E-state index in [-0.39, 0.29) is 12.2 Å². The van der Waals surface area contributed by atoms with Gasteiger partial charge in [0.25, 0.3) is 0 Å². The number of H-pyrrole nitrogens is 1. The second-order valence-electron chi connectivity index (χ2n) is 1.88. The van der Waals surface area contributed by atoms with Crippen LogP contribution in [0, 0.1) is 11.8 Å². The molecule has 0 saturated carbocycles. The maximum Gasteiger partial charge on any atom is 0.196 e. The van der Waals surface area contributed by atoms with Crippen molar-refractivity contribution >= 4 is 5.78 Å². The monoisotopic (exact) mass is 149 g/mol. The Morgan fingerprint density at radius 3 is 3.18 bits per heavy atom. The average Bonchev–Trinajstić information content (AvgIpc) is 2.52. The molecule has 0 fully saturated rings. The Morgan fingerprint density at radius 2 is 2.64 bits per heavy atom. The second kappa shape index (κ2) is 3.52. The molecule has 1 N–H and O–H groups in total. The minimum absolute atomic E-state index is 0.104. The van der Waals surface area contributed by atoms with Gasteiger partial charge >= 0.3 is 0 Å². The molecule has 0 atom stereocenters. The van der Waals surface area contributed by atoms with Crippen molar-refractivity contribution in [2.45, 2.75) is 13.3 Å². The Bertz CT molecular complexity index is 291. The number of aromatic amines is 1. The zero-order valence-electron chi connectivity index (χ0n) is 6.09.